The third kappa shape index (κ3) is 8.09. The third-order valence-electron chi connectivity index (χ3n) is 4.78. The van der Waals surface area contributed by atoms with E-state index in [0.29, 0.717) is 25.2 Å². The summed E-state index contributed by atoms with van der Waals surface area (Å²) in [4.78, 5) is 29.7. The van der Waals surface area contributed by atoms with E-state index < -0.39 is 13.6 Å². The number of carbonyl (C=O) groups excluding carboxylic acids is 2. The number of esters is 1. The Hall–Kier alpha value is -2.51. The first-order valence-corrected chi connectivity index (χ1v) is 12.6. The normalized spacial score (nSPS) is 11.3. The molecule has 0 radical (unpaired) electrons. The molecule has 0 aliphatic rings. The van der Waals surface area contributed by atoms with E-state index in [4.69, 9.17) is 18.6 Å². The first-order chi connectivity index (χ1) is 15.8. The van der Waals surface area contributed by atoms with Gasteiger partial charge < -0.3 is 13.8 Å². The second kappa shape index (κ2) is 13.3. The molecule has 0 saturated carbocycles. The van der Waals surface area contributed by atoms with Crippen molar-refractivity contribution in [3.8, 4) is 11.1 Å². The lowest BCUT2D eigenvalue weighted by atomic mass is 9.99. The van der Waals surface area contributed by atoms with Crippen LogP contribution in [-0.2, 0) is 34.6 Å². The summed E-state index contributed by atoms with van der Waals surface area (Å²) in [6.07, 6.45) is 0.621. The number of hydrogen-bond acceptors (Lipinski definition) is 7. The Bertz CT molecular complexity index is 952. The van der Waals surface area contributed by atoms with Crippen LogP contribution in [0.3, 0.4) is 0 Å². The second-order valence-corrected chi connectivity index (χ2v) is 9.34. The summed E-state index contributed by atoms with van der Waals surface area (Å²) in [7, 11) is -1.80. The fraction of sp³-hybridized carbons (Fsp3) is 0.417. The van der Waals surface area contributed by atoms with Gasteiger partial charge in [-0.3, -0.25) is 14.2 Å². The Labute approximate surface area is 195 Å². The zero-order valence-electron chi connectivity index (χ0n) is 19.6. The van der Waals surface area contributed by atoms with Gasteiger partial charge >= 0.3 is 13.6 Å². The zero-order chi connectivity index (χ0) is 24.3. The highest BCUT2D eigenvalue weighted by atomic mass is 31.2. The van der Waals surface area contributed by atoms with Crippen LogP contribution in [-0.4, -0.2) is 50.0 Å². The average Bonchev–Trinajstić information content (AvgIpc) is 2.81. The van der Waals surface area contributed by atoms with Gasteiger partial charge in [0, 0.05) is 13.5 Å². The highest BCUT2D eigenvalue weighted by molar-refractivity contribution is 7.53. The molecule has 0 bridgehead atoms. The number of amides is 1. The van der Waals surface area contributed by atoms with Gasteiger partial charge in [0.1, 0.15) is 6.61 Å². The molecule has 0 aliphatic carbocycles. The SMILES string of the molecule is CCOP(=O)(CCCN(OCc1ccc(-c2ccccc2C(=O)OC)cc1)C(C)=O)OCC. The molecule has 2 rings (SSSR count). The molecule has 180 valence electrons. The van der Waals surface area contributed by atoms with Crippen LogP contribution in [0.4, 0.5) is 0 Å². The van der Waals surface area contributed by atoms with Crippen LogP contribution in [0.2, 0.25) is 0 Å². The first-order valence-electron chi connectivity index (χ1n) is 10.9. The van der Waals surface area contributed by atoms with Gasteiger partial charge in [0.15, 0.2) is 0 Å². The summed E-state index contributed by atoms with van der Waals surface area (Å²) >= 11 is 0. The van der Waals surface area contributed by atoms with Crippen molar-refractivity contribution in [3.05, 3.63) is 59.7 Å². The van der Waals surface area contributed by atoms with Gasteiger partial charge in [0.05, 0.1) is 32.0 Å². The smallest absolute Gasteiger partial charge is 0.338 e. The number of ether oxygens (including phenoxy) is 1. The number of carbonyl (C=O) groups is 2. The number of hydrogen-bond donors (Lipinski definition) is 0. The lowest BCUT2D eigenvalue weighted by molar-refractivity contribution is -0.189. The van der Waals surface area contributed by atoms with Gasteiger partial charge in [0.25, 0.3) is 0 Å². The molecule has 0 spiro atoms. The van der Waals surface area contributed by atoms with Crippen LogP contribution < -0.4 is 0 Å². The van der Waals surface area contributed by atoms with Gasteiger partial charge in [0.2, 0.25) is 5.91 Å². The van der Waals surface area contributed by atoms with Crippen molar-refractivity contribution in [2.45, 2.75) is 33.8 Å². The van der Waals surface area contributed by atoms with E-state index in [0.717, 1.165) is 16.7 Å². The minimum Gasteiger partial charge on any atom is -0.465 e. The van der Waals surface area contributed by atoms with Gasteiger partial charge in [-0.1, -0.05) is 42.5 Å². The summed E-state index contributed by atoms with van der Waals surface area (Å²) < 4.78 is 28.0. The maximum Gasteiger partial charge on any atom is 0.338 e. The van der Waals surface area contributed by atoms with E-state index in [9.17, 15) is 14.2 Å². The molecule has 0 aliphatic heterocycles. The molecular weight excluding hydrogens is 445 g/mol. The van der Waals surface area contributed by atoms with Crippen molar-refractivity contribution in [2.24, 2.45) is 0 Å². The van der Waals surface area contributed by atoms with Crippen molar-refractivity contribution in [1.29, 1.82) is 0 Å². The number of rotatable bonds is 13. The highest BCUT2D eigenvalue weighted by Crippen LogP contribution is 2.48. The monoisotopic (exact) mass is 477 g/mol. The molecular formula is C24H32NO7P. The highest BCUT2D eigenvalue weighted by Gasteiger charge is 2.24. The van der Waals surface area contributed by atoms with Crippen LogP contribution in [0.1, 0.15) is 43.1 Å². The first kappa shape index (κ1) is 26.7. The van der Waals surface area contributed by atoms with Crippen LogP contribution in [0.25, 0.3) is 11.1 Å². The van der Waals surface area contributed by atoms with Gasteiger partial charge in [-0.25, -0.2) is 9.86 Å². The van der Waals surface area contributed by atoms with Crippen molar-refractivity contribution >= 4 is 19.5 Å². The number of hydroxylamine groups is 2. The summed E-state index contributed by atoms with van der Waals surface area (Å²) in [5.74, 6) is -0.644. The van der Waals surface area contributed by atoms with Crippen LogP contribution in [0, 0.1) is 0 Å². The number of methoxy groups -OCH3 is 1. The average molecular weight is 477 g/mol. The molecule has 0 atom stereocenters. The van der Waals surface area contributed by atoms with Crippen LogP contribution in [0.5, 0.6) is 0 Å². The maximum atomic E-state index is 12.6. The van der Waals surface area contributed by atoms with E-state index >= 15 is 0 Å². The number of benzene rings is 2. The molecule has 9 heteroatoms. The molecule has 0 fully saturated rings. The molecule has 0 unspecified atom stereocenters. The molecule has 0 saturated heterocycles. The van der Waals surface area contributed by atoms with Crippen LogP contribution in [0.15, 0.2) is 48.5 Å². The Kier molecular flexibility index (Phi) is 10.7. The lowest BCUT2D eigenvalue weighted by Crippen LogP contribution is -2.30. The molecule has 8 nitrogen and oxygen atoms in total. The predicted molar refractivity (Wildman–Crippen MR) is 126 cm³/mol. The number of nitrogens with zero attached hydrogens (tertiary/aromatic N) is 1. The Morgan fingerprint density at radius 2 is 1.61 bits per heavy atom. The maximum absolute atomic E-state index is 12.6. The Morgan fingerprint density at radius 3 is 2.18 bits per heavy atom. The second-order valence-electron chi connectivity index (χ2n) is 7.15. The lowest BCUT2D eigenvalue weighted by Gasteiger charge is -2.22. The van der Waals surface area contributed by atoms with Crippen LogP contribution >= 0.6 is 7.60 Å². The molecule has 2 aromatic carbocycles. The van der Waals surface area contributed by atoms with Crippen molar-refractivity contribution in [3.63, 3.8) is 0 Å². The van der Waals surface area contributed by atoms with E-state index in [2.05, 4.69) is 0 Å². The summed E-state index contributed by atoms with van der Waals surface area (Å²) in [6, 6.07) is 14.8. The van der Waals surface area contributed by atoms with E-state index in [1.54, 1.807) is 26.0 Å². The van der Waals surface area contributed by atoms with E-state index in [1.165, 1.54) is 19.1 Å². The topological polar surface area (TPSA) is 91.4 Å². The molecule has 0 heterocycles. The van der Waals surface area contributed by atoms with Gasteiger partial charge in [-0.2, -0.15) is 0 Å². The fourth-order valence-electron chi connectivity index (χ4n) is 3.24. The van der Waals surface area contributed by atoms with E-state index in [-0.39, 0.29) is 25.2 Å². The minimum absolute atomic E-state index is 0.188. The van der Waals surface area contributed by atoms with Crippen molar-refractivity contribution in [1.82, 2.24) is 5.06 Å². The summed E-state index contributed by atoms with van der Waals surface area (Å²) in [5.41, 5.74) is 2.99. The largest absolute Gasteiger partial charge is 0.465 e. The molecule has 2 aromatic rings. The predicted octanol–water partition coefficient (Wildman–Crippen LogP) is 5.08. The molecule has 1 amide bonds. The molecule has 0 aromatic heterocycles. The molecule has 0 N–H and O–H groups in total. The Morgan fingerprint density at radius 1 is 0.970 bits per heavy atom. The zero-order valence-corrected chi connectivity index (χ0v) is 20.5. The summed E-state index contributed by atoms with van der Waals surface area (Å²) in [5, 5.41) is 1.25. The fourth-order valence-corrected chi connectivity index (χ4v) is 4.88. The van der Waals surface area contributed by atoms with Gasteiger partial charge in [-0.15, -0.1) is 0 Å². The van der Waals surface area contributed by atoms with E-state index in [1.807, 2.05) is 36.4 Å². The standard InChI is InChI=1S/C24H32NO7P/c1-5-31-33(28,32-6-2)17-9-16-25(19(3)26)30-18-20-12-14-21(15-13-20)22-10-7-8-11-23(22)24(27)29-4/h7-8,10-15H,5-6,9,16-18H2,1-4H3. The molecule has 33 heavy (non-hydrogen) atoms. The Balaban J connectivity index is 1.98. The van der Waals surface area contributed by atoms with Crippen molar-refractivity contribution in [2.75, 3.05) is 33.0 Å². The summed E-state index contributed by atoms with van der Waals surface area (Å²) in [6.45, 7) is 5.98. The minimum atomic E-state index is -3.16. The van der Waals surface area contributed by atoms with Crippen molar-refractivity contribution < 1.29 is 32.8 Å². The third-order valence-corrected chi connectivity index (χ3v) is 6.95. The quantitative estimate of drug-likeness (QED) is 0.226. The van der Waals surface area contributed by atoms with Gasteiger partial charge in [-0.05, 0) is 43.0 Å².